The van der Waals surface area contributed by atoms with Crippen LogP contribution in [0.2, 0.25) is 5.02 Å². The Bertz CT molecular complexity index is 1450. The van der Waals surface area contributed by atoms with Crippen molar-refractivity contribution < 1.29 is 18.0 Å². The SMILES string of the molecule is O=C(Nc1cnc(-n2nccn2)c(Cl)c1)c1cnn(-c2cccc3c2C=CNC3S)c1C(F)(F)F. The summed E-state index contributed by atoms with van der Waals surface area (Å²) in [5.74, 6) is -0.835. The highest BCUT2D eigenvalue weighted by atomic mass is 35.5. The number of hydrogen-bond acceptors (Lipinski definition) is 7. The Morgan fingerprint density at radius 1 is 1.17 bits per heavy atom. The number of rotatable bonds is 4. The lowest BCUT2D eigenvalue weighted by molar-refractivity contribution is -0.143. The highest BCUT2D eigenvalue weighted by Gasteiger charge is 2.41. The number of hydrogen-bond donors (Lipinski definition) is 3. The van der Waals surface area contributed by atoms with E-state index in [0.717, 1.165) is 6.20 Å². The van der Waals surface area contributed by atoms with Crippen LogP contribution >= 0.6 is 24.2 Å². The van der Waals surface area contributed by atoms with Gasteiger partial charge in [-0.3, -0.25) is 4.79 Å². The normalized spacial score (nSPS) is 14.9. The van der Waals surface area contributed by atoms with Crippen molar-refractivity contribution in [2.24, 2.45) is 0 Å². The molecule has 0 spiro atoms. The summed E-state index contributed by atoms with van der Waals surface area (Å²) in [7, 11) is 0. The predicted octanol–water partition coefficient (Wildman–Crippen LogP) is 4.27. The van der Waals surface area contributed by atoms with Gasteiger partial charge in [0.05, 0.1) is 52.1 Å². The minimum atomic E-state index is -4.88. The third-order valence-corrected chi connectivity index (χ3v) is 5.82. The number of amides is 1. The van der Waals surface area contributed by atoms with Crippen LogP contribution in [0.1, 0.15) is 32.6 Å². The topological polar surface area (TPSA) is 103 Å². The summed E-state index contributed by atoms with van der Waals surface area (Å²) in [5, 5.41) is 16.8. The van der Waals surface area contributed by atoms with Crippen molar-refractivity contribution in [1.29, 1.82) is 0 Å². The predicted molar refractivity (Wildman–Crippen MR) is 125 cm³/mol. The van der Waals surface area contributed by atoms with Gasteiger partial charge in [-0.1, -0.05) is 23.7 Å². The lowest BCUT2D eigenvalue weighted by Gasteiger charge is -2.22. The summed E-state index contributed by atoms with van der Waals surface area (Å²) in [5.41, 5.74) is -0.458. The van der Waals surface area contributed by atoms with Crippen LogP contribution in [0.5, 0.6) is 0 Å². The number of aromatic nitrogens is 6. The van der Waals surface area contributed by atoms with Gasteiger partial charge in [-0.25, -0.2) is 9.67 Å². The number of alkyl halides is 3. The zero-order chi connectivity index (χ0) is 24.7. The van der Waals surface area contributed by atoms with Gasteiger partial charge >= 0.3 is 6.18 Å². The second-order valence-electron chi connectivity index (χ2n) is 7.30. The van der Waals surface area contributed by atoms with Crippen molar-refractivity contribution in [1.82, 2.24) is 35.1 Å². The molecule has 2 N–H and O–H groups in total. The Hall–Kier alpha value is -3.84. The number of thiol groups is 1. The van der Waals surface area contributed by atoms with Crippen molar-refractivity contribution >= 4 is 41.9 Å². The highest BCUT2D eigenvalue weighted by Crippen LogP contribution is 2.37. The van der Waals surface area contributed by atoms with E-state index in [0.29, 0.717) is 15.8 Å². The summed E-state index contributed by atoms with van der Waals surface area (Å²) < 4.78 is 43.2. The van der Waals surface area contributed by atoms with Crippen LogP contribution in [-0.2, 0) is 6.18 Å². The van der Waals surface area contributed by atoms with Gasteiger partial charge in [-0.05, 0) is 30.0 Å². The van der Waals surface area contributed by atoms with Crippen molar-refractivity contribution in [2.45, 2.75) is 11.6 Å². The van der Waals surface area contributed by atoms with Crippen molar-refractivity contribution in [3.05, 3.63) is 82.7 Å². The average Bonchev–Trinajstić information content (AvgIpc) is 3.49. The molecule has 9 nitrogen and oxygen atoms in total. The molecule has 0 radical (unpaired) electrons. The van der Waals surface area contributed by atoms with E-state index in [1.165, 1.54) is 35.5 Å². The number of benzene rings is 1. The second-order valence-corrected chi connectivity index (χ2v) is 8.22. The maximum atomic E-state index is 14.2. The van der Waals surface area contributed by atoms with Crippen LogP contribution in [0.25, 0.3) is 17.6 Å². The molecular formula is C21H14ClF3N8OS. The van der Waals surface area contributed by atoms with Crippen molar-refractivity contribution in [3.63, 3.8) is 0 Å². The van der Waals surface area contributed by atoms with Gasteiger partial charge in [0.2, 0.25) is 0 Å². The van der Waals surface area contributed by atoms with Crippen LogP contribution in [-0.4, -0.2) is 35.7 Å². The molecule has 4 heterocycles. The van der Waals surface area contributed by atoms with Gasteiger partial charge < -0.3 is 10.6 Å². The lowest BCUT2D eigenvalue weighted by atomic mass is 10.0. The van der Waals surface area contributed by atoms with E-state index in [1.54, 1.807) is 24.4 Å². The molecule has 178 valence electrons. The first-order valence-corrected chi connectivity index (χ1v) is 10.9. The van der Waals surface area contributed by atoms with Crippen molar-refractivity contribution in [2.75, 3.05) is 5.32 Å². The molecule has 0 fully saturated rings. The van der Waals surface area contributed by atoms with Crippen LogP contribution in [0, 0.1) is 0 Å². The Labute approximate surface area is 206 Å². The molecule has 1 aliphatic heterocycles. The third kappa shape index (κ3) is 4.23. The summed E-state index contributed by atoms with van der Waals surface area (Å²) >= 11 is 10.6. The molecular weight excluding hydrogens is 505 g/mol. The Balaban J connectivity index is 1.52. The van der Waals surface area contributed by atoms with E-state index in [1.807, 2.05) is 0 Å². The van der Waals surface area contributed by atoms with E-state index in [4.69, 9.17) is 11.6 Å². The minimum Gasteiger partial charge on any atom is -0.376 e. The zero-order valence-electron chi connectivity index (χ0n) is 17.4. The molecule has 0 aliphatic carbocycles. The number of pyridine rings is 1. The van der Waals surface area contributed by atoms with Gasteiger partial charge in [-0.15, -0.1) is 17.4 Å². The number of halogens is 4. The smallest absolute Gasteiger partial charge is 0.376 e. The summed E-state index contributed by atoms with van der Waals surface area (Å²) in [4.78, 5) is 18.1. The van der Waals surface area contributed by atoms with E-state index in [2.05, 4.69) is 43.5 Å². The molecule has 1 aliphatic rings. The average molecular weight is 519 g/mol. The maximum absolute atomic E-state index is 14.2. The molecule has 1 amide bonds. The fourth-order valence-corrected chi connectivity index (χ4v) is 4.18. The van der Waals surface area contributed by atoms with E-state index in [9.17, 15) is 18.0 Å². The van der Waals surface area contributed by atoms with E-state index < -0.39 is 28.7 Å². The molecule has 1 aromatic carbocycles. The van der Waals surface area contributed by atoms with Gasteiger partial charge in [0.1, 0.15) is 0 Å². The van der Waals surface area contributed by atoms with Gasteiger partial charge in [-0.2, -0.15) is 28.5 Å². The Morgan fingerprint density at radius 3 is 2.66 bits per heavy atom. The Kier molecular flexibility index (Phi) is 5.73. The molecule has 0 saturated heterocycles. The molecule has 1 atom stereocenters. The molecule has 3 aromatic heterocycles. The monoisotopic (exact) mass is 518 g/mol. The zero-order valence-corrected chi connectivity index (χ0v) is 19.1. The van der Waals surface area contributed by atoms with Crippen LogP contribution in [0.3, 0.4) is 0 Å². The number of fused-ring (bicyclic) bond motifs is 1. The second kappa shape index (κ2) is 8.74. The first kappa shape index (κ1) is 22.9. The molecule has 35 heavy (non-hydrogen) atoms. The first-order chi connectivity index (χ1) is 16.7. The van der Waals surface area contributed by atoms with Gasteiger partial charge in [0, 0.05) is 5.56 Å². The third-order valence-electron chi connectivity index (χ3n) is 5.11. The molecule has 1 unspecified atom stereocenters. The summed E-state index contributed by atoms with van der Waals surface area (Å²) in [6, 6.07) is 6.17. The van der Waals surface area contributed by atoms with Gasteiger partial charge in [0.25, 0.3) is 5.91 Å². The van der Waals surface area contributed by atoms with E-state index >= 15 is 0 Å². The molecule has 5 rings (SSSR count). The number of nitrogens with one attached hydrogen (secondary N) is 2. The van der Waals surface area contributed by atoms with Crippen LogP contribution < -0.4 is 10.6 Å². The van der Waals surface area contributed by atoms with Crippen LogP contribution in [0.15, 0.2) is 55.3 Å². The van der Waals surface area contributed by atoms with Gasteiger partial charge in [0.15, 0.2) is 11.5 Å². The summed E-state index contributed by atoms with van der Waals surface area (Å²) in [6.07, 6.45) is 3.30. The summed E-state index contributed by atoms with van der Waals surface area (Å²) in [6.45, 7) is 0. The minimum absolute atomic E-state index is 0.0841. The number of carbonyl (C=O) groups is 1. The maximum Gasteiger partial charge on any atom is 0.434 e. The molecule has 14 heteroatoms. The van der Waals surface area contributed by atoms with Crippen LogP contribution in [0.4, 0.5) is 18.9 Å². The first-order valence-electron chi connectivity index (χ1n) is 9.97. The largest absolute Gasteiger partial charge is 0.434 e. The molecule has 0 bridgehead atoms. The standard InChI is InChI=1S/C21H14ClF3N8OS/c22-15-8-11(9-27-18(15)33-28-6-7-29-33)31-19(34)14-10-30-32(17(14)21(23,24)25)16-3-1-2-13-12(16)4-5-26-20(13)35/h1-10,20,26,35H,(H,31,34). The van der Waals surface area contributed by atoms with E-state index in [-0.39, 0.29) is 22.2 Å². The Morgan fingerprint density at radius 2 is 1.94 bits per heavy atom. The fraction of sp³-hybridized carbons (Fsp3) is 0.0952. The number of nitrogens with zero attached hydrogens (tertiary/aromatic N) is 6. The quantitative estimate of drug-likeness (QED) is 0.349. The van der Waals surface area contributed by atoms with Crippen molar-refractivity contribution in [3.8, 4) is 11.5 Å². The number of anilines is 1. The fourth-order valence-electron chi connectivity index (χ4n) is 3.63. The highest BCUT2D eigenvalue weighted by molar-refractivity contribution is 7.80. The lowest BCUT2D eigenvalue weighted by Crippen LogP contribution is -2.22. The molecule has 4 aromatic rings. The molecule has 0 saturated carbocycles. The number of carbonyl (C=O) groups excluding carboxylic acids is 1.